The fourth-order valence-electron chi connectivity index (χ4n) is 2.78. The van der Waals surface area contributed by atoms with Gasteiger partial charge in [-0.25, -0.2) is 0 Å². The fourth-order valence-corrected chi connectivity index (χ4v) is 2.78. The average Bonchev–Trinajstić information content (AvgIpc) is 2.80. The molecule has 3 heteroatoms. The number of likely N-dealkylation sites (tertiary alicyclic amines) is 1. The SMILES string of the molecule is CC(C)CNCc1ccc(CN2CCCCCCC2)o1. The molecule has 1 N–H and O–H groups in total. The number of furan rings is 1. The van der Waals surface area contributed by atoms with E-state index in [9.17, 15) is 0 Å². The van der Waals surface area contributed by atoms with E-state index in [-0.39, 0.29) is 0 Å². The summed E-state index contributed by atoms with van der Waals surface area (Å²) < 4.78 is 5.94. The Hall–Kier alpha value is -0.800. The lowest BCUT2D eigenvalue weighted by Gasteiger charge is -2.23. The van der Waals surface area contributed by atoms with Crippen LogP contribution in [0.3, 0.4) is 0 Å². The molecule has 0 unspecified atom stereocenters. The monoisotopic (exact) mass is 278 g/mol. The minimum atomic E-state index is 0.686. The van der Waals surface area contributed by atoms with E-state index in [0.717, 1.165) is 31.2 Å². The lowest BCUT2D eigenvalue weighted by Crippen LogP contribution is -2.26. The van der Waals surface area contributed by atoms with Crippen LogP contribution in [0.5, 0.6) is 0 Å². The fraction of sp³-hybridized carbons (Fsp3) is 0.765. The number of hydrogen-bond acceptors (Lipinski definition) is 3. The van der Waals surface area contributed by atoms with Crippen LogP contribution in [0.15, 0.2) is 16.5 Å². The Kier molecular flexibility index (Phi) is 6.61. The van der Waals surface area contributed by atoms with Crippen molar-refractivity contribution in [3.8, 4) is 0 Å². The van der Waals surface area contributed by atoms with Gasteiger partial charge < -0.3 is 9.73 Å². The van der Waals surface area contributed by atoms with Crippen LogP contribution in [0.25, 0.3) is 0 Å². The highest BCUT2D eigenvalue weighted by Gasteiger charge is 2.11. The van der Waals surface area contributed by atoms with Crippen LogP contribution in [-0.2, 0) is 13.1 Å². The average molecular weight is 278 g/mol. The van der Waals surface area contributed by atoms with Gasteiger partial charge in [-0.05, 0) is 50.5 Å². The zero-order valence-electron chi connectivity index (χ0n) is 13.2. The summed E-state index contributed by atoms with van der Waals surface area (Å²) >= 11 is 0. The third-order valence-corrected chi connectivity index (χ3v) is 3.90. The molecule has 2 heterocycles. The van der Waals surface area contributed by atoms with E-state index in [2.05, 4.69) is 36.2 Å². The van der Waals surface area contributed by atoms with Gasteiger partial charge in [0.15, 0.2) is 0 Å². The summed E-state index contributed by atoms with van der Waals surface area (Å²) in [5.74, 6) is 2.87. The van der Waals surface area contributed by atoms with Gasteiger partial charge in [-0.1, -0.05) is 33.1 Å². The lowest BCUT2D eigenvalue weighted by molar-refractivity contribution is 0.220. The van der Waals surface area contributed by atoms with Crippen LogP contribution >= 0.6 is 0 Å². The molecule has 0 amide bonds. The third kappa shape index (κ3) is 5.68. The van der Waals surface area contributed by atoms with Gasteiger partial charge in [0.05, 0.1) is 13.1 Å². The molecule has 1 aliphatic heterocycles. The highest BCUT2D eigenvalue weighted by molar-refractivity contribution is 5.07. The molecule has 0 atom stereocenters. The molecule has 1 aromatic heterocycles. The third-order valence-electron chi connectivity index (χ3n) is 3.90. The Morgan fingerprint density at radius 1 is 1.05 bits per heavy atom. The first-order chi connectivity index (χ1) is 9.74. The zero-order valence-corrected chi connectivity index (χ0v) is 13.2. The second-order valence-electron chi connectivity index (χ2n) is 6.44. The van der Waals surface area contributed by atoms with E-state index >= 15 is 0 Å². The summed E-state index contributed by atoms with van der Waals surface area (Å²) in [6, 6.07) is 4.26. The van der Waals surface area contributed by atoms with Crippen LogP contribution in [0.2, 0.25) is 0 Å². The Morgan fingerprint density at radius 2 is 1.70 bits per heavy atom. The minimum Gasteiger partial charge on any atom is -0.463 e. The summed E-state index contributed by atoms with van der Waals surface area (Å²) in [6.07, 6.45) is 6.87. The molecule has 0 bridgehead atoms. The van der Waals surface area contributed by atoms with Gasteiger partial charge in [0.25, 0.3) is 0 Å². The van der Waals surface area contributed by atoms with Gasteiger partial charge >= 0.3 is 0 Å². The van der Waals surface area contributed by atoms with Crippen molar-refractivity contribution in [1.82, 2.24) is 10.2 Å². The van der Waals surface area contributed by atoms with Crippen molar-refractivity contribution in [2.75, 3.05) is 19.6 Å². The summed E-state index contributed by atoms with van der Waals surface area (Å²) in [5, 5.41) is 3.43. The van der Waals surface area contributed by atoms with Crippen molar-refractivity contribution in [1.29, 1.82) is 0 Å². The van der Waals surface area contributed by atoms with Crippen LogP contribution in [0.1, 0.15) is 57.5 Å². The quantitative estimate of drug-likeness (QED) is 0.858. The second kappa shape index (κ2) is 8.48. The van der Waals surface area contributed by atoms with Crippen molar-refractivity contribution in [2.24, 2.45) is 5.92 Å². The maximum Gasteiger partial charge on any atom is 0.118 e. The number of nitrogens with one attached hydrogen (secondary N) is 1. The van der Waals surface area contributed by atoms with Gasteiger partial charge in [0.1, 0.15) is 11.5 Å². The highest BCUT2D eigenvalue weighted by atomic mass is 16.3. The van der Waals surface area contributed by atoms with Crippen molar-refractivity contribution >= 4 is 0 Å². The molecular weight excluding hydrogens is 248 g/mol. The normalized spacial score (nSPS) is 18.1. The Bertz CT molecular complexity index is 365. The molecule has 3 nitrogen and oxygen atoms in total. The molecule has 0 aliphatic carbocycles. The number of nitrogens with zero attached hydrogens (tertiary/aromatic N) is 1. The van der Waals surface area contributed by atoms with E-state index in [1.165, 1.54) is 45.2 Å². The van der Waals surface area contributed by atoms with Gasteiger partial charge in [0.2, 0.25) is 0 Å². The first-order valence-electron chi connectivity index (χ1n) is 8.24. The molecule has 20 heavy (non-hydrogen) atoms. The van der Waals surface area contributed by atoms with E-state index < -0.39 is 0 Å². The number of hydrogen-bond donors (Lipinski definition) is 1. The summed E-state index contributed by atoms with van der Waals surface area (Å²) in [7, 11) is 0. The predicted molar refractivity (Wildman–Crippen MR) is 83.6 cm³/mol. The zero-order chi connectivity index (χ0) is 14.2. The first kappa shape index (κ1) is 15.6. The molecular formula is C17H30N2O. The Labute approximate surface area is 123 Å². The molecule has 1 saturated heterocycles. The van der Waals surface area contributed by atoms with Gasteiger partial charge in [-0.15, -0.1) is 0 Å². The molecule has 1 fully saturated rings. The molecule has 1 aliphatic rings. The molecule has 2 rings (SSSR count). The van der Waals surface area contributed by atoms with Crippen LogP contribution in [0.4, 0.5) is 0 Å². The summed E-state index contributed by atoms with van der Waals surface area (Å²) in [6.45, 7) is 9.76. The maximum absolute atomic E-state index is 5.94. The van der Waals surface area contributed by atoms with Crippen LogP contribution in [-0.4, -0.2) is 24.5 Å². The summed E-state index contributed by atoms with van der Waals surface area (Å²) in [5.41, 5.74) is 0. The maximum atomic E-state index is 5.94. The van der Waals surface area contributed by atoms with Crippen LogP contribution < -0.4 is 5.32 Å². The van der Waals surface area contributed by atoms with Crippen molar-refractivity contribution in [2.45, 2.75) is 59.0 Å². The van der Waals surface area contributed by atoms with Crippen molar-refractivity contribution < 1.29 is 4.42 Å². The van der Waals surface area contributed by atoms with Gasteiger partial charge in [0, 0.05) is 0 Å². The van der Waals surface area contributed by atoms with E-state index in [1.54, 1.807) is 0 Å². The molecule has 0 radical (unpaired) electrons. The van der Waals surface area contributed by atoms with Crippen LogP contribution in [0, 0.1) is 5.92 Å². The Morgan fingerprint density at radius 3 is 2.40 bits per heavy atom. The van der Waals surface area contributed by atoms with Crippen molar-refractivity contribution in [3.05, 3.63) is 23.7 Å². The minimum absolute atomic E-state index is 0.686. The predicted octanol–water partition coefficient (Wildman–Crippen LogP) is 3.79. The molecule has 114 valence electrons. The van der Waals surface area contributed by atoms with Gasteiger partial charge in [-0.3, -0.25) is 4.90 Å². The molecule has 0 aromatic carbocycles. The van der Waals surface area contributed by atoms with Gasteiger partial charge in [-0.2, -0.15) is 0 Å². The summed E-state index contributed by atoms with van der Waals surface area (Å²) in [4.78, 5) is 2.54. The van der Waals surface area contributed by atoms with E-state index in [4.69, 9.17) is 4.42 Å². The highest BCUT2D eigenvalue weighted by Crippen LogP contribution is 2.15. The molecule has 1 aromatic rings. The van der Waals surface area contributed by atoms with E-state index in [1.807, 2.05) is 0 Å². The molecule has 0 saturated carbocycles. The van der Waals surface area contributed by atoms with Crippen molar-refractivity contribution in [3.63, 3.8) is 0 Å². The second-order valence-corrected chi connectivity index (χ2v) is 6.44. The first-order valence-corrected chi connectivity index (χ1v) is 8.24. The lowest BCUT2D eigenvalue weighted by atomic mass is 10.1. The Balaban J connectivity index is 1.76. The standard InChI is InChI=1S/C17H30N2O/c1-15(2)12-18-13-16-8-9-17(20-16)14-19-10-6-4-3-5-7-11-19/h8-9,15,18H,3-7,10-14H2,1-2H3. The molecule has 0 spiro atoms. The topological polar surface area (TPSA) is 28.4 Å². The largest absolute Gasteiger partial charge is 0.463 e. The smallest absolute Gasteiger partial charge is 0.118 e. The van der Waals surface area contributed by atoms with E-state index in [0.29, 0.717) is 5.92 Å². The number of rotatable bonds is 6.